The predicted molar refractivity (Wildman–Crippen MR) is 61.3 cm³/mol. The smallest absolute Gasteiger partial charge is 0.313 e. The molecule has 1 rings (SSSR count). The van der Waals surface area contributed by atoms with E-state index in [0.717, 1.165) is 6.42 Å². The van der Waals surface area contributed by atoms with Gasteiger partial charge in [-0.2, -0.15) is 5.10 Å². The molecule has 0 amide bonds. The number of hydrogen-bond acceptors (Lipinski definition) is 4. The van der Waals surface area contributed by atoms with E-state index in [-0.39, 0.29) is 16.7 Å². The number of hydrogen-bond donors (Lipinski definition) is 1. The van der Waals surface area contributed by atoms with E-state index in [1.54, 1.807) is 11.6 Å². The summed E-state index contributed by atoms with van der Waals surface area (Å²) < 4.78 is 1.71. The highest BCUT2D eigenvalue weighted by atomic mass is 16.6. The molecule has 0 aliphatic carbocycles. The zero-order valence-corrected chi connectivity index (χ0v) is 9.93. The summed E-state index contributed by atoms with van der Waals surface area (Å²) >= 11 is 0. The molecule has 6 nitrogen and oxygen atoms in total. The first kappa shape index (κ1) is 12.6. The summed E-state index contributed by atoms with van der Waals surface area (Å²) in [4.78, 5) is 10.6. The molecule has 0 fully saturated rings. The van der Waals surface area contributed by atoms with Gasteiger partial charge in [0.25, 0.3) is 0 Å². The van der Waals surface area contributed by atoms with Gasteiger partial charge in [0.05, 0.1) is 4.92 Å². The molecule has 1 unspecified atom stereocenters. The van der Waals surface area contributed by atoms with Crippen LogP contribution in [0.15, 0.2) is 0 Å². The minimum atomic E-state index is -0.369. The van der Waals surface area contributed by atoms with E-state index in [0.29, 0.717) is 24.4 Å². The van der Waals surface area contributed by atoms with Crippen LogP contribution in [0.5, 0.6) is 0 Å². The molecule has 2 N–H and O–H groups in total. The van der Waals surface area contributed by atoms with Crippen molar-refractivity contribution in [2.45, 2.75) is 46.2 Å². The lowest BCUT2D eigenvalue weighted by Crippen LogP contribution is -2.21. The Morgan fingerprint density at radius 2 is 2.25 bits per heavy atom. The van der Waals surface area contributed by atoms with Crippen molar-refractivity contribution in [3.8, 4) is 0 Å². The third kappa shape index (κ3) is 2.57. The maximum atomic E-state index is 11.0. The van der Waals surface area contributed by atoms with Gasteiger partial charge in [0.15, 0.2) is 0 Å². The monoisotopic (exact) mass is 226 g/mol. The van der Waals surface area contributed by atoms with Crippen LogP contribution in [-0.2, 0) is 13.0 Å². The molecule has 1 heterocycles. The molecule has 0 saturated heterocycles. The van der Waals surface area contributed by atoms with Crippen molar-refractivity contribution in [2.24, 2.45) is 5.73 Å². The second kappa shape index (κ2) is 5.07. The molecule has 1 aromatic rings. The predicted octanol–water partition coefficient (Wildman–Crippen LogP) is 1.40. The molecule has 0 aromatic carbocycles. The molecule has 0 radical (unpaired) electrons. The van der Waals surface area contributed by atoms with Crippen molar-refractivity contribution in [2.75, 3.05) is 0 Å². The van der Waals surface area contributed by atoms with Crippen LogP contribution in [0.25, 0.3) is 0 Å². The summed E-state index contributed by atoms with van der Waals surface area (Å²) in [6.45, 7) is 6.20. The van der Waals surface area contributed by atoms with E-state index in [2.05, 4.69) is 5.10 Å². The third-order valence-corrected chi connectivity index (χ3v) is 2.33. The Labute approximate surface area is 94.6 Å². The Bertz CT molecular complexity index is 384. The fourth-order valence-electron chi connectivity index (χ4n) is 1.76. The lowest BCUT2D eigenvalue weighted by molar-refractivity contribution is -0.386. The van der Waals surface area contributed by atoms with Crippen molar-refractivity contribution < 1.29 is 4.92 Å². The lowest BCUT2D eigenvalue weighted by atomic mass is 10.1. The number of nitrogens with zero attached hydrogens (tertiary/aromatic N) is 3. The van der Waals surface area contributed by atoms with Gasteiger partial charge < -0.3 is 5.73 Å². The first-order valence-corrected chi connectivity index (χ1v) is 5.43. The van der Waals surface area contributed by atoms with Gasteiger partial charge in [-0.15, -0.1) is 0 Å². The van der Waals surface area contributed by atoms with Crippen molar-refractivity contribution in [1.82, 2.24) is 9.78 Å². The fourth-order valence-corrected chi connectivity index (χ4v) is 1.76. The number of aromatic nitrogens is 2. The van der Waals surface area contributed by atoms with Gasteiger partial charge >= 0.3 is 5.69 Å². The topological polar surface area (TPSA) is 87.0 Å². The second-order valence-electron chi connectivity index (χ2n) is 4.04. The van der Waals surface area contributed by atoms with Crippen LogP contribution in [0.2, 0.25) is 0 Å². The van der Waals surface area contributed by atoms with Gasteiger partial charge in [0, 0.05) is 19.0 Å². The quantitative estimate of drug-likeness (QED) is 0.607. The Balaban J connectivity index is 3.19. The minimum absolute atomic E-state index is 0.106. The second-order valence-corrected chi connectivity index (χ2v) is 4.04. The first-order valence-electron chi connectivity index (χ1n) is 5.43. The summed E-state index contributed by atoms with van der Waals surface area (Å²) in [7, 11) is 0. The Kier molecular flexibility index (Phi) is 4.00. The largest absolute Gasteiger partial charge is 0.328 e. The summed E-state index contributed by atoms with van der Waals surface area (Å²) in [6.07, 6.45) is 1.38. The molecule has 1 aromatic heterocycles. The summed E-state index contributed by atoms with van der Waals surface area (Å²) in [6, 6.07) is -0.106. The summed E-state index contributed by atoms with van der Waals surface area (Å²) in [5.41, 5.74) is 6.93. The highest BCUT2D eigenvalue weighted by molar-refractivity contribution is 5.41. The van der Waals surface area contributed by atoms with E-state index in [1.807, 2.05) is 13.8 Å². The molecule has 0 aliphatic heterocycles. The first-order chi connectivity index (χ1) is 7.47. The van der Waals surface area contributed by atoms with E-state index < -0.39 is 0 Å². The molecule has 16 heavy (non-hydrogen) atoms. The van der Waals surface area contributed by atoms with E-state index >= 15 is 0 Å². The van der Waals surface area contributed by atoms with Gasteiger partial charge in [-0.25, -0.2) is 0 Å². The van der Waals surface area contributed by atoms with Crippen LogP contribution in [0.4, 0.5) is 5.69 Å². The average Bonchev–Trinajstić information content (AvgIpc) is 2.42. The molecular formula is C10H18N4O2. The maximum absolute atomic E-state index is 11.0. The zero-order valence-electron chi connectivity index (χ0n) is 9.93. The van der Waals surface area contributed by atoms with Crippen molar-refractivity contribution in [3.05, 3.63) is 21.5 Å². The van der Waals surface area contributed by atoms with Gasteiger partial charge in [0.1, 0.15) is 11.4 Å². The van der Waals surface area contributed by atoms with Crippen molar-refractivity contribution in [3.63, 3.8) is 0 Å². The van der Waals surface area contributed by atoms with Crippen LogP contribution in [-0.4, -0.2) is 20.7 Å². The fraction of sp³-hybridized carbons (Fsp3) is 0.700. The van der Waals surface area contributed by atoms with Gasteiger partial charge in [-0.1, -0.05) is 6.92 Å². The molecule has 0 aliphatic rings. The van der Waals surface area contributed by atoms with Crippen molar-refractivity contribution >= 4 is 5.69 Å². The SMILES string of the molecule is CCCn1nc(C)c([N+](=O)[O-])c1CC(C)N. The lowest BCUT2D eigenvalue weighted by Gasteiger charge is -2.07. The summed E-state index contributed by atoms with van der Waals surface area (Å²) in [5, 5.41) is 15.1. The van der Waals surface area contributed by atoms with Gasteiger partial charge in [-0.3, -0.25) is 14.8 Å². The molecule has 0 bridgehead atoms. The zero-order chi connectivity index (χ0) is 12.3. The number of nitro groups is 1. The summed E-state index contributed by atoms with van der Waals surface area (Å²) in [5.74, 6) is 0. The Morgan fingerprint density at radius 3 is 2.69 bits per heavy atom. The molecular weight excluding hydrogens is 208 g/mol. The van der Waals surface area contributed by atoms with Gasteiger partial charge in [-0.05, 0) is 20.3 Å². The van der Waals surface area contributed by atoms with E-state index in [9.17, 15) is 10.1 Å². The number of rotatable bonds is 5. The Morgan fingerprint density at radius 1 is 1.62 bits per heavy atom. The highest BCUT2D eigenvalue weighted by Gasteiger charge is 2.25. The van der Waals surface area contributed by atoms with Crippen LogP contribution in [0.3, 0.4) is 0 Å². The van der Waals surface area contributed by atoms with E-state index in [1.165, 1.54) is 0 Å². The molecule has 1 atom stereocenters. The average molecular weight is 226 g/mol. The van der Waals surface area contributed by atoms with E-state index in [4.69, 9.17) is 5.73 Å². The standard InChI is InChI=1S/C10H18N4O2/c1-4-5-13-9(6-7(2)11)10(14(15)16)8(3)12-13/h7H,4-6,11H2,1-3H3. The number of aryl methyl sites for hydroxylation is 2. The normalized spacial score (nSPS) is 12.8. The Hall–Kier alpha value is -1.43. The highest BCUT2D eigenvalue weighted by Crippen LogP contribution is 2.24. The van der Waals surface area contributed by atoms with Crippen LogP contribution >= 0.6 is 0 Å². The molecule has 0 saturated carbocycles. The minimum Gasteiger partial charge on any atom is -0.328 e. The van der Waals surface area contributed by atoms with Crippen LogP contribution in [0.1, 0.15) is 31.7 Å². The molecule has 0 spiro atoms. The maximum Gasteiger partial charge on any atom is 0.313 e. The third-order valence-electron chi connectivity index (χ3n) is 2.33. The van der Waals surface area contributed by atoms with Crippen molar-refractivity contribution in [1.29, 1.82) is 0 Å². The number of nitrogens with two attached hydrogens (primary N) is 1. The van der Waals surface area contributed by atoms with Crippen LogP contribution in [0, 0.1) is 17.0 Å². The van der Waals surface area contributed by atoms with Gasteiger partial charge in [0.2, 0.25) is 0 Å². The molecule has 90 valence electrons. The molecule has 6 heteroatoms. The van der Waals surface area contributed by atoms with Crippen LogP contribution < -0.4 is 5.73 Å².